The van der Waals surface area contributed by atoms with Gasteiger partial charge in [-0.05, 0) is 26.2 Å². The summed E-state index contributed by atoms with van der Waals surface area (Å²) in [4.78, 5) is 6.32. The van der Waals surface area contributed by atoms with Crippen LogP contribution < -0.4 is 5.32 Å². The van der Waals surface area contributed by atoms with Gasteiger partial charge in [0.2, 0.25) is 0 Å². The minimum absolute atomic E-state index is 0.121. The smallest absolute Gasteiger partial charge is 0.115 e. The maximum atomic E-state index is 5.15. The van der Waals surface area contributed by atoms with Gasteiger partial charge < -0.3 is 10.1 Å². The van der Waals surface area contributed by atoms with Crippen LogP contribution in [0, 0.1) is 0 Å². The Balaban J connectivity index is 1.83. The maximum Gasteiger partial charge on any atom is 0.115 e. The molecule has 0 amide bonds. The fraction of sp³-hybridized carbons (Fsp3) is 0.600. The number of rotatable bonds is 7. The highest BCUT2D eigenvalue weighted by Gasteiger charge is 2.23. The molecule has 0 saturated heterocycles. The van der Waals surface area contributed by atoms with Crippen molar-refractivity contribution < 1.29 is 4.74 Å². The van der Waals surface area contributed by atoms with Crippen molar-refractivity contribution in [3.63, 3.8) is 0 Å². The van der Waals surface area contributed by atoms with E-state index in [-0.39, 0.29) is 6.04 Å². The number of hydrogen-bond acceptors (Lipinski definition) is 5. The van der Waals surface area contributed by atoms with Crippen LogP contribution in [0.25, 0.3) is 0 Å². The lowest BCUT2D eigenvalue weighted by molar-refractivity contribution is 0.197. The van der Waals surface area contributed by atoms with Gasteiger partial charge in [0.1, 0.15) is 5.01 Å². The highest BCUT2D eigenvalue weighted by Crippen LogP contribution is 2.33. The molecule has 0 spiro atoms. The van der Waals surface area contributed by atoms with E-state index in [0.717, 1.165) is 24.5 Å². The third-order valence-electron chi connectivity index (χ3n) is 3.82. The molecule has 1 N–H and O–H groups in total. The molecule has 5 nitrogen and oxygen atoms in total. The van der Waals surface area contributed by atoms with Crippen molar-refractivity contribution in [1.29, 1.82) is 0 Å². The first-order valence-corrected chi connectivity index (χ1v) is 8.36. The van der Waals surface area contributed by atoms with Crippen LogP contribution in [0.2, 0.25) is 0 Å². The number of nitrogens with one attached hydrogen (secondary N) is 1. The first-order chi connectivity index (χ1) is 10.3. The van der Waals surface area contributed by atoms with Gasteiger partial charge in [0, 0.05) is 36.8 Å². The Labute approximate surface area is 129 Å². The molecule has 114 valence electrons. The molecule has 2 aromatic heterocycles. The summed E-state index contributed by atoms with van der Waals surface area (Å²) in [6.45, 7) is 4.49. The van der Waals surface area contributed by atoms with Gasteiger partial charge in [0.05, 0.1) is 24.5 Å². The van der Waals surface area contributed by atoms with Crippen molar-refractivity contribution in [3.8, 4) is 0 Å². The van der Waals surface area contributed by atoms with E-state index in [0.29, 0.717) is 6.61 Å². The summed E-state index contributed by atoms with van der Waals surface area (Å²) < 4.78 is 7.11. The number of ether oxygens (including phenoxy) is 1. The summed E-state index contributed by atoms with van der Waals surface area (Å²) in [7, 11) is 1.73. The van der Waals surface area contributed by atoms with Gasteiger partial charge in [-0.2, -0.15) is 5.10 Å². The predicted octanol–water partition coefficient (Wildman–Crippen LogP) is 2.17. The minimum atomic E-state index is 0.121. The number of fused-ring (bicyclic) bond motifs is 1. The zero-order valence-electron chi connectivity index (χ0n) is 12.6. The first-order valence-electron chi connectivity index (χ1n) is 7.55. The number of methoxy groups -OCH3 is 1. The molecule has 0 saturated carbocycles. The molecule has 21 heavy (non-hydrogen) atoms. The molecule has 1 atom stereocenters. The second-order valence-electron chi connectivity index (χ2n) is 5.28. The normalized spacial score (nSPS) is 15.3. The molecule has 2 aromatic rings. The van der Waals surface area contributed by atoms with Crippen molar-refractivity contribution in [2.24, 2.45) is 0 Å². The van der Waals surface area contributed by atoms with Crippen LogP contribution >= 0.6 is 11.3 Å². The predicted molar refractivity (Wildman–Crippen MR) is 83.8 cm³/mol. The van der Waals surface area contributed by atoms with Crippen LogP contribution in [-0.4, -0.2) is 35.0 Å². The molecule has 1 unspecified atom stereocenters. The van der Waals surface area contributed by atoms with Crippen LogP contribution in [-0.2, 0) is 24.1 Å². The van der Waals surface area contributed by atoms with Gasteiger partial charge in [-0.15, -0.1) is 11.3 Å². The van der Waals surface area contributed by atoms with Crippen LogP contribution in [0.5, 0.6) is 0 Å². The molecule has 0 radical (unpaired) electrons. The molecule has 1 aliphatic rings. The van der Waals surface area contributed by atoms with Crippen molar-refractivity contribution in [1.82, 2.24) is 20.1 Å². The zero-order valence-corrected chi connectivity index (χ0v) is 13.4. The average Bonchev–Trinajstić information content (AvgIpc) is 3.18. The van der Waals surface area contributed by atoms with E-state index in [4.69, 9.17) is 9.72 Å². The lowest BCUT2D eigenvalue weighted by Crippen LogP contribution is -2.25. The summed E-state index contributed by atoms with van der Waals surface area (Å²) in [6.07, 6.45) is 7.62. The molecule has 3 rings (SSSR count). The molecule has 0 fully saturated rings. The van der Waals surface area contributed by atoms with Gasteiger partial charge in [0.15, 0.2) is 0 Å². The molecule has 6 heteroatoms. The summed E-state index contributed by atoms with van der Waals surface area (Å²) in [5, 5.41) is 9.10. The van der Waals surface area contributed by atoms with E-state index in [9.17, 15) is 0 Å². The Kier molecular flexibility index (Phi) is 4.67. The van der Waals surface area contributed by atoms with Gasteiger partial charge >= 0.3 is 0 Å². The number of aryl methyl sites for hydroxylation is 3. The zero-order chi connectivity index (χ0) is 14.7. The highest BCUT2D eigenvalue weighted by molar-refractivity contribution is 7.11. The SMILES string of the molecule is CCn1cc(C(NCCOC)c2nc3c(s2)CCC3)cn1. The lowest BCUT2D eigenvalue weighted by Gasteiger charge is -2.15. The van der Waals surface area contributed by atoms with Crippen LogP contribution in [0.15, 0.2) is 12.4 Å². The Morgan fingerprint density at radius 2 is 2.38 bits per heavy atom. The highest BCUT2D eigenvalue weighted by atomic mass is 32.1. The van der Waals surface area contributed by atoms with E-state index in [1.807, 2.05) is 22.2 Å². The molecule has 0 aromatic carbocycles. The van der Waals surface area contributed by atoms with Crippen molar-refractivity contribution in [3.05, 3.63) is 33.5 Å². The third kappa shape index (κ3) is 3.17. The van der Waals surface area contributed by atoms with Crippen LogP contribution in [0.1, 0.15) is 40.5 Å². The Bertz CT molecular complexity index is 571. The molecule has 2 heterocycles. The van der Waals surface area contributed by atoms with Gasteiger partial charge in [-0.25, -0.2) is 4.98 Å². The molecule has 0 aliphatic heterocycles. The number of aromatic nitrogens is 3. The summed E-state index contributed by atoms with van der Waals surface area (Å²) in [5.74, 6) is 0. The maximum absolute atomic E-state index is 5.15. The summed E-state index contributed by atoms with van der Waals surface area (Å²) >= 11 is 1.85. The third-order valence-corrected chi connectivity index (χ3v) is 5.05. The lowest BCUT2D eigenvalue weighted by atomic mass is 10.1. The number of nitrogens with zero attached hydrogens (tertiary/aromatic N) is 3. The minimum Gasteiger partial charge on any atom is -0.383 e. The van der Waals surface area contributed by atoms with Crippen molar-refractivity contribution in [2.45, 2.75) is 38.8 Å². The Morgan fingerprint density at radius 1 is 1.48 bits per heavy atom. The molecular weight excluding hydrogens is 284 g/mol. The summed E-state index contributed by atoms with van der Waals surface area (Å²) in [6, 6.07) is 0.121. The van der Waals surface area contributed by atoms with Gasteiger partial charge in [-0.1, -0.05) is 0 Å². The first kappa shape index (κ1) is 14.7. The fourth-order valence-electron chi connectivity index (χ4n) is 2.69. The molecular formula is C15H22N4OS. The van der Waals surface area contributed by atoms with Crippen LogP contribution in [0.4, 0.5) is 0 Å². The van der Waals surface area contributed by atoms with E-state index in [2.05, 4.69) is 23.5 Å². The van der Waals surface area contributed by atoms with Crippen molar-refractivity contribution >= 4 is 11.3 Å². The monoisotopic (exact) mass is 306 g/mol. The topological polar surface area (TPSA) is 52.0 Å². The van der Waals surface area contributed by atoms with Crippen LogP contribution in [0.3, 0.4) is 0 Å². The second kappa shape index (κ2) is 6.68. The molecule has 1 aliphatic carbocycles. The molecule has 0 bridgehead atoms. The standard InChI is InChI=1S/C15H22N4OS/c1-3-19-10-11(9-17-19)14(16-7-8-20-2)15-18-12-5-4-6-13(12)21-15/h9-10,14,16H,3-8H2,1-2H3. The fourth-order valence-corrected chi connectivity index (χ4v) is 3.95. The van der Waals surface area contributed by atoms with Gasteiger partial charge in [-0.3, -0.25) is 4.68 Å². The van der Waals surface area contributed by atoms with E-state index < -0.39 is 0 Å². The summed E-state index contributed by atoms with van der Waals surface area (Å²) in [5.41, 5.74) is 2.48. The number of thiazole rings is 1. The van der Waals surface area contributed by atoms with Gasteiger partial charge in [0.25, 0.3) is 0 Å². The Morgan fingerprint density at radius 3 is 3.10 bits per heavy atom. The quantitative estimate of drug-likeness (QED) is 0.797. The van der Waals surface area contributed by atoms with Crippen molar-refractivity contribution in [2.75, 3.05) is 20.3 Å². The van der Waals surface area contributed by atoms with E-state index in [1.54, 1.807) is 7.11 Å². The van der Waals surface area contributed by atoms with E-state index in [1.165, 1.54) is 29.0 Å². The number of hydrogen-bond donors (Lipinski definition) is 1. The second-order valence-corrected chi connectivity index (χ2v) is 6.40. The van der Waals surface area contributed by atoms with E-state index >= 15 is 0 Å². The Hall–Kier alpha value is -1.24. The average molecular weight is 306 g/mol. The largest absolute Gasteiger partial charge is 0.383 e.